The lowest BCUT2D eigenvalue weighted by Crippen LogP contribution is -2.61. The number of hydrogen-bond acceptors (Lipinski definition) is 5. The van der Waals surface area contributed by atoms with Gasteiger partial charge in [0.2, 0.25) is 12.6 Å². The van der Waals surface area contributed by atoms with E-state index in [-0.39, 0.29) is 41.9 Å². The average Bonchev–Trinajstić information content (AvgIpc) is 3.01. The molecule has 1 aromatic rings. The van der Waals surface area contributed by atoms with Crippen molar-refractivity contribution in [2.75, 3.05) is 13.9 Å². The number of Topliss-reactive ketones (excluding diaryl/α,β-unsaturated/α-hetero) is 1. The van der Waals surface area contributed by atoms with Crippen LogP contribution in [0.1, 0.15) is 25.3 Å². The summed E-state index contributed by atoms with van der Waals surface area (Å²) in [6, 6.07) is 5.74. The van der Waals surface area contributed by atoms with E-state index in [2.05, 4.69) is 0 Å². The van der Waals surface area contributed by atoms with Crippen LogP contribution in [0.4, 0.5) is 0 Å². The molecule has 0 unspecified atom stereocenters. The molecule has 1 aliphatic heterocycles. The Hall–Kier alpha value is -2.30. The van der Waals surface area contributed by atoms with E-state index in [1.54, 1.807) is 0 Å². The lowest BCUT2D eigenvalue weighted by molar-refractivity contribution is -0.159. The topological polar surface area (TPSA) is 61.8 Å². The van der Waals surface area contributed by atoms with E-state index >= 15 is 0 Å². The van der Waals surface area contributed by atoms with E-state index in [0.717, 1.165) is 5.56 Å². The van der Waals surface area contributed by atoms with Gasteiger partial charge in [0.15, 0.2) is 23.0 Å². The first-order valence-corrected chi connectivity index (χ1v) is 7.72. The van der Waals surface area contributed by atoms with Gasteiger partial charge in [-0.1, -0.05) is 19.9 Å². The molecule has 4 atom stereocenters. The number of hydrogen-bond donors (Lipinski definition) is 0. The Morgan fingerprint density at radius 3 is 2.70 bits per heavy atom. The van der Waals surface area contributed by atoms with Crippen molar-refractivity contribution in [2.24, 2.45) is 17.3 Å². The van der Waals surface area contributed by atoms with Crippen LogP contribution in [0.25, 0.3) is 0 Å². The summed E-state index contributed by atoms with van der Waals surface area (Å²) in [7, 11) is 1.43. The zero-order valence-electron chi connectivity index (χ0n) is 13.3. The van der Waals surface area contributed by atoms with Gasteiger partial charge in [-0.2, -0.15) is 0 Å². The molecular formula is C18H18O5. The Kier molecular flexibility index (Phi) is 2.86. The molecule has 0 radical (unpaired) electrons. The van der Waals surface area contributed by atoms with Crippen molar-refractivity contribution < 1.29 is 23.8 Å². The van der Waals surface area contributed by atoms with Gasteiger partial charge in [-0.05, 0) is 29.5 Å². The van der Waals surface area contributed by atoms with E-state index in [0.29, 0.717) is 11.5 Å². The molecule has 120 valence electrons. The van der Waals surface area contributed by atoms with Crippen LogP contribution in [-0.4, -0.2) is 25.5 Å². The zero-order chi connectivity index (χ0) is 16.4. The largest absolute Gasteiger partial charge is 0.493 e. The summed E-state index contributed by atoms with van der Waals surface area (Å²) >= 11 is 0. The Labute approximate surface area is 134 Å². The van der Waals surface area contributed by atoms with Crippen molar-refractivity contribution in [1.82, 2.24) is 0 Å². The van der Waals surface area contributed by atoms with Gasteiger partial charge in [0.25, 0.3) is 0 Å². The van der Waals surface area contributed by atoms with Crippen LogP contribution >= 0.6 is 0 Å². The third kappa shape index (κ3) is 1.68. The zero-order valence-corrected chi connectivity index (χ0v) is 13.3. The number of carbonyl (C=O) groups excluding carboxylic acids is 2. The molecule has 1 saturated carbocycles. The van der Waals surface area contributed by atoms with Gasteiger partial charge in [0.1, 0.15) is 0 Å². The maximum absolute atomic E-state index is 12.7. The Morgan fingerprint density at radius 1 is 1.22 bits per heavy atom. The van der Waals surface area contributed by atoms with Gasteiger partial charge in [-0.15, -0.1) is 0 Å². The molecular weight excluding hydrogens is 296 g/mol. The normalized spacial score (nSPS) is 34.6. The maximum Gasteiger partial charge on any atom is 0.231 e. The fourth-order valence-corrected chi connectivity index (χ4v) is 4.27. The van der Waals surface area contributed by atoms with Crippen LogP contribution < -0.4 is 9.47 Å². The second-order valence-corrected chi connectivity index (χ2v) is 6.63. The second kappa shape index (κ2) is 4.60. The summed E-state index contributed by atoms with van der Waals surface area (Å²) in [6.45, 7) is 4.13. The second-order valence-electron chi connectivity index (χ2n) is 6.63. The number of rotatable bonds is 2. The van der Waals surface area contributed by atoms with Gasteiger partial charge < -0.3 is 14.2 Å². The molecule has 0 aromatic heterocycles. The first kappa shape index (κ1) is 14.3. The minimum Gasteiger partial charge on any atom is -0.493 e. The molecule has 1 aromatic carbocycles. The average molecular weight is 314 g/mol. The fraction of sp³-hybridized carbons (Fsp3) is 0.444. The maximum atomic E-state index is 12.7. The highest BCUT2D eigenvalue weighted by Crippen LogP contribution is 2.63. The minimum atomic E-state index is -0.653. The standard InChI is InChI=1S/C18H18O5/c1-9-15(10-4-5-11-12(6-10)23-8-22-11)16-17(20)13(21-3)7-14(19)18(9,16)2/h4-7,9,15-16H,8H2,1-3H3/t9-,15+,16-,18+/m1/s1. The Balaban J connectivity index is 1.76. The van der Waals surface area contributed by atoms with Gasteiger partial charge in [0, 0.05) is 17.4 Å². The molecule has 0 spiro atoms. The third-order valence-electron chi connectivity index (χ3n) is 5.81. The number of methoxy groups -OCH3 is 1. The number of ketones is 2. The van der Waals surface area contributed by atoms with E-state index in [9.17, 15) is 9.59 Å². The number of carbonyl (C=O) groups is 2. The highest BCUT2D eigenvalue weighted by Gasteiger charge is 2.65. The molecule has 5 nitrogen and oxygen atoms in total. The summed E-state index contributed by atoms with van der Waals surface area (Å²) < 4.78 is 15.9. The SMILES string of the molecule is COC1=CC(=O)[C@]2(C)[C@H](C)[C@@H](c3ccc4c(c3)OCO4)[C@@H]2C1=O. The number of benzene rings is 1. The van der Waals surface area contributed by atoms with E-state index < -0.39 is 5.41 Å². The van der Waals surface area contributed by atoms with E-state index in [1.807, 2.05) is 32.0 Å². The van der Waals surface area contributed by atoms with Crippen LogP contribution in [0, 0.1) is 17.3 Å². The first-order chi connectivity index (χ1) is 11.0. The summed E-state index contributed by atoms with van der Waals surface area (Å²) in [4.78, 5) is 25.2. The van der Waals surface area contributed by atoms with Gasteiger partial charge in [-0.3, -0.25) is 9.59 Å². The van der Waals surface area contributed by atoms with Crippen molar-refractivity contribution in [3.8, 4) is 11.5 Å². The number of fused-ring (bicyclic) bond motifs is 2. The summed E-state index contributed by atoms with van der Waals surface area (Å²) in [5.74, 6) is 1.12. The molecule has 3 aliphatic rings. The van der Waals surface area contributed by atoms with Crippen LogP contribution in [0.5, 0.6) is 11.5 Å². The Bertz CT molecular complexity index is 750. The molecule has 2 aliphatic carbocycles. The lowest BCUT2D eigenvalue weighted by atomic mass is 9.42. The van der Waals surface area contributed by atoms with Crippen LogP contribution in [0.15, 0.2) is 30.0 Å². The van der Waals surface area contributed by atoms with Crippen molar-refractivity contribution in [2.45, 2.75) is 19.8 Å². The van der Waals surface area contributed by atoms with Crippen LogP contribution in [0.3, 0.4) is 0 Å². The predicted octanol–water partition coefficient (Wildman–Crippen LogP) is 2.45. The van der Waals surface area contributed by atoms with E-state index in [4.69, 9.17) is 14.2 Å². The third-order valence-corrected chi connectivity index (χ3v) is 5.81. The molecule has 5 heteroatoms. The number of allylic oxidation sites excluding steroid dienone is 2. The molecule has 0 saturated heterocycles. The molecule has 0 amide bonds. The quantitative estimate of drug-likeness (QED) is 0.839. The summed E-state index contributed by atoms with van der Waals surface area (Å²) in [5, 5.41) is 0. The van der Waals surface area contributed by atoms with E-state index in [1.165, 1.54) is 13.2 Å². The Morgan fingerprint density at radius 2 is 1.96 bits per heavy atom. The summed E-state index contributed by atoms with van der Waals surface area (Å²) in [5.41, 5.74) is 0.350. The smallest absolute Gasteiger partial charge is 0.231 e. The fourth-order valence-electron chi connectivity index (χ4n) is 4.27. The van der Waals surface area contributed by atoms with Crippen molar-refractivity contribution >= 4 is 11.6 Å². The minimum absolute atomic E-state index is 0.0233. The van der Waals surface area contributed by atoms with Crippen LogP contribution in [-0.2, 0) is 14.3 Å². The lowest BCUT2D eigenvalue weighted by Gasteiger charge is -2.58. The van der Waals surface area contributed by atoms with Crippen LogP contribution in [0.2, 0.25) is 0 Å². The van der Waals surface area contributed by atoms with Crippen molar-refractivity contribution in [3.05, 3.63) is 35.6 Å². The molecule has 1 heterocycles. The van der Waals surface area contributed by atoms with Gasteiger partial charge in [0.05, 0.1) is 7.11 Å². The van der Waals surface area contributed by atoms with Gasteiger partial charge in [-0.25, -0.2) is 0 Å². The summed E-state index contributed by atoms with van der Waals surface area (Å²) in [6.07, 6.45) is 1.35. The molecule has 4 rings (SSSR count). The first-order valence-electron chi connectivity index (χ1n) is 7.72. The molecule has 0 N–H and O–H groups in total. The molecule has 23 heavy (non-hydrogen) atoms. The molecule has 0 bridgehead atoms. The highest BCUT2D eigenvalue weighted by molar-refractivity contribution is 6.13. The van der Waals surface area contributed by atoms with Gasteiger partial charge >= 0.3 is 0 Å². The monoisotopic (exact) mass is 314 g/mol. The highest BCUT2D eigenvalue weighted by atomic mass is 16.7. The van der Waals surface area contributed by atoms with Crippen molar-refractivity contribution in [1.29, 1.82) is 0 Å². The molecule has 1 fully saturated rings. The number of ether oxygens (including phenoxy) is 3. The predicted molar refractivity (Wildman–Crippen MR) is 81.2 cm³/mol. The van der Waals surface area contributed by atoms with Crippen molar-refractivity contribution in [3.63, 3.8) is 0 Å².